The Labute approximate surface area is 137 Å². The molecule has 0 radical (unpaired) electrons. The molecule has 1 heterocycles. The summed E-state index contributed by atoms with van der Waals surface area (Å²) in [4.78, 5) is 25.7. The Hall–Kier alpha value is -3.28. The molecule has 0 fully saturated rings. The molecule has 0 amide bonds. The SMILES string of the molecule is COc1ccc(-n2n[n+](C)c3c2C(=O)c2ccccc2C3=O)cc1. The molecular formula is C18H14N3O3+. The number of aryl methyl sites for hydroxylation is 1. The van der Waals surface area contributed by atoms with Gasteiger partial charge in [-0.3, -0.25) is 9.59 Å². The van der Waals surface area contributed by atoms with Crippen molar-refractivity contribution in [2.24, 2.45) is 7.05 Å². The Balaban J connectivity index is 1.94. The van der Waals surface area contributed by atoms with Crippen molar-refractivity contribution in [2.45, 2.75) is 0 Å². The first-order valence-electron chi connectivity index (χ1n) is 7.44. The van der Waals surface area contributed by atoms with Gasteiger partial charge >= 0.3 is 0 Å². The van der Waals surface area contributed by atoms with Crippen molar-refractivity contribution < 1.29 is 19.0 Å². The van der Waals surface area contributed by atoms with Crippen LogP contribution in [0.1, 0.15) is 32.1 Å². The van der Waals surface area contributed by atoms with Crippen LogP contribution in [-0.4, -0.2) is 28.6 Å². The number of rotatable bonds is 2. The van der Waals surface area contributed by atoms with Crippen molar-refractivity contribution in [1.29, 1.82) is 0 Å². The molecule has 3 aromatic rings. The highest BCUT2D eigenvalue weighted by Crippen LogP contribution is 2.27. The molecular weight excluding hydrogens is 306 g/mol. The zero-order chi connectivity index (χ0) is 16.8. The van der Waals surface area contributed by atoms with E-state index in [1.807, 2.05) is 0 Å². The molecule has 6 heteroatoms. The lowest BCUT2D eigenvalue weighted by Gasteiger charge is -2.10. The minimum Gasteiger partial charge on any atom is -0.497 e. The maximum Gasteiger partial charge on any atom is 0.256 e. The number of benzene rings is 2. The molecule has 0 atom stereocenters. The molecule has 1 aromatic heterocycles. The Kier molecular flexibility index (Phi) is 3.06. The first-order chi connectivity index (χ1) is 11.6. The van der Waals surface area contributed by atoms with E-state index in [0.29, 0.717) is 28.3 Å². The van der Waals surface area contributed by atoms with Gasteiger partial charge in [0.25, 0.3) is 5.69 Å². The summed E-state index contributed by atoms with van der Waals surface area (Å²) in [6.45, 7) is 0. The second kappa shape index (κ2) is 5.13. The smallest absolute Gasteiger partial charge is 0.256 e. The van der Waals surface area contributed by atoms with Crippen LogP contribution >= 0.6 is 0 Å². The number of carbonyl (C=O) groups is 2. The van der Waals surface area contributed by atoms with E-state index in [0.717, 1.165) is 0 Å². The van der Waals surface area contributed by atoms with Gasteiger partial charge in [0.05, 0.1) is 12.3 Å². The summed E-state index contributed by atoms with van der Waals surface area (Å²) in [7, 11) is 3.25. The van der Waals surface area contributed by atoms with Crippen LogP contribution in [-0.2, 0) is 7.05 Å². The van der Waals surface area contributed by atoms with Crippen molar-refractivity contribution in [1.82, 2.24) is 9.90 Å². The van der Waals surface area contributed by atoms with E-state index < -0.39 is 0 Å². The second-order valence-electron chi connectivity index (χ2n) is 5.52. The Bertz CT molecular complexity index is 987. The topological polar surface area (TPSA) is 65.1 Å². The average molecular weight is 320 g/mol. The normalized spacial score (nSPS) is 12.8. The molecule has 24 heavy (non-hydrogen) atoms. The van der Waals surface area contributed by atoms with Gasteiger partial charge < -0.3 is 4.74 Å². The molecule has 0 N–H and O–H groups in total. The number of ether oxygens (including phenoxy) is 1. The zero-order valence-electron chi connectivity index (χ0n) is 13.2. The van der Waals surface area contributed by atoms with E-state index >= 15 is 0 Å². The number of fused-ring (bicyclic) bond motifs is 2. The molecule has 0 spiro atoms. The highest BCUT2D eigenvalue weighted by atomic mass is 16.5. The lowest BCUT2D eigenvalue weighted by Crippen LogP contribution is -2.39. The first-order valence-corrected chi connectivity index (χ1v) is 7.44. The Morgan fingerprint density at radius 2 is 1.58 bits per heavy atom. The number of ketones is 2. The molecule has 2 aromatic carbocycles. The van der Waals surface area contributed by atoms with Crippen LogP contribution in [0.4, 0.5) is 0 Å². The summed E-state index contributed by atoms with van der Waals surface area (Å²) < 4.78 is 8.11. The van der Waals surface area contributed by atoms with Gasteiger partial charge in [-0.1, -0.05) is 28.9 Å². The standard InChI is InChI=1S/C18H14N3O3/c1-20-15-16(18(23)14-6-4-3-5-13(14)17(15)22)21(19-20)11-7-9-12(24-2)10-8-11/h3-10H,1-2H3/q+1. The van der Waals surface area contributed by atoms with Gasteiger partial charge in [-0.05, 0) is 24.3 Å². The number of hydrogen-bond donors (Lipinski definition) is 0. The summed E-state index contributed by atoms with van der Waals surface area (Å²) in [5, 5.41) is 4.35. The maximum atomic E-state index is 12.9. The van der Waals surface area contributed by atoms with E-state index in [9.17, 15) is 9.59 Å². The molecule has 0 saturated carbocycles. The third-order valence-corrected chi connectivity index (χ3v) is 4.15. The first kappa shape index (κ1) is 14.3. The monoisotopic (exact) mass is 320 g/mol. The van der Waals surface area contributed by atoms with Gasteiger partial charge in [0.1, 0.15) is 12.8 Å². The van der Waals surface area contributed by atoms with Crippen molar-refractivity contribution in [3.8, 4) is 11.4 Å². The van der Waals surface area contributed by atoms with Gasteiger partial charge in [0, 0.05) is 11.1 Å². The largest absolute Gasteiger partial charge is 0.497 e. The molecule has 1 aliphatic carbocycles. The van der Waals surface area contributed by atoms with Crippen LogP contribution in [0.3, 0.4) is 0 Å². The van der Waals surface area contributed by atoms with Crippen molar-refractivity contribution in [3.05, 3.63) is 71.0 Å². The van der Waals surface area contributed by atoms with Crippen molar-refractivity contribution in [3.63, 3.8) is 0 Å². The third-order valence-electron chi connectivity index (χ3n) is 4.15. The predicted octanol–water partition coefficient (Wildman–Crippen LogP) is 1.48. The van der Waals surface area contributed by atoms with E-state index in [1.165, 1.54) is 9.36 Å². The van der Waals surface area contributed by atoms with Gasteiger partial charge in [-0.25, -0.2) is 0 Å². The predicted molar refractivity (Wildman–Crippen MR) is 84.6 cm³/mol. The number of methoxy groups -OCH3 is 1. The number of hydrogen-bond acceptors (Lipinski definition) is 4. The minimum absolute atomic E-state index is 0.192. The highest BCUT2D eigenvalue weighted by molar-refractivity contribution is 6.26. The fraction of sp³-hybridized carbons (Fsp3) is 0.111. The molecule has 0 saturated heterocycles. The van der Waals surface area contributed by atoms with Gasteiger partial charge in [-0.2, -0.15) is 0 Å². The second-order valence-corrected chi connectivity index (χ2v) is 5.52. The van der Waals surface area contributed by atoms with Crippen molar-refractivity contribution >= 4 is 11.6 Å². The van der Waals surface area contributed by atoms with Crippen LogP contribution in [0.5, 0.6) is 5.75 Å². The average Bonchev–Trinajstić information content (AvgIpc) is 2.97. The van der Waals surface area contributed by atoms with E-state index in [1.54, 1.807) is 62.7 Å². The van der Waals surface area contributed by atoms with Gasteiger partial charge in [0.2, 0.25) is 17.3 Å². The van der Waals surface area contributed by atoms with Crippen LogP contribution < -0.4 is 9.42 Å². The summed E-state index contributed by atoms with van der Waals surface area (Å²) in [5.74, 6) is 0.309. The highest BCUT2D eigenvalue weighted by Gasteiger charge is 2.42. The molecule has 118 valence electrons. The Morgan fingerprint density at radius 1 is 0.958 bits per heavy atom. The summed E-state index contributed by atoms with van der Waals surface area (Å²) in [5.41, 5.74) is 2.10. The van der Waals surface area contributed by atoms with E-state index in [4.69, 9.17) is 4.74 Å². The number of nitrogens with zero attached hydrogens (tertiary/aromatic N) is 3. The molecule has 0 aliphatic heterocycles. The molecule has 0 bridgehead atoms. The Morgan fingerprint density at radius 3 is 2.21 bits per heavy atom. The quantitative estimate of drug-likeness (QED) is 0.525. The number of aromatic nitrogens is 3. The van der Waals surface area contributed by atoms with E-state index in [-0.39, 0.29) is 17.3 Å². The van der Waals surface area contributed by atoms with Crippen LogP contribution in [0, 0.1) is 0 Å². The van der Waals surface area contributed by atoms with Gasteiger partial charge in [0.15, 0.2) is 5.69 Å². The maximum absolute atomic E-state index is 12.9. The van der Waals surface area contributed by atoms with E-state index in [2.05, 4.69) is 5.21 Å². The lowest BCUT2D eigenvalue weighted by atomic mass is 9.90. The number of carbonyl (C=O) groups excluding carboxylic acids is 2. The summed E-state index contributed by atoms with van der Waals surface area (Å²) in [6, 6.07) is 14.0. The molecule has 0 unspecified atom stereocenters. The fourth-order valence-electron chi connectivity index (χ4n) is 2.97. The molecule has 4 rings (SSSR count). The fourth-order valence-corrected chi connectivity index (χ4v) is 2.97. The zero-order valence-corrected chi connectivity index (χ0v) is 13.2. The van der Waals surface area contributed by atoms with Crippen LogP contribution in [0.25, 0.3) is 5.69 Å². The van der Waals surface area contributed by atoms with Crippen LogP contribution in [0.2, 0.25) is 0 Å². The third kappa shape index (κ3) is 1.89. The minimum atomic E-state index is -0.205. The molecule has 1 aliphatic rings. The summed E-state index contributed by atoms with van der Waals surface area (Å²) >= 11 is 0. The summed E-state index contributed by atoms with van der Waals surface area (Å²) in [6.07, 6.45) is 0. The molecule has 6 nitrogen and oxygen atoms in total. The lowest BCUT2D eigenvalue weighted by molar-refractivity contribution is -0.733. The van der Waals surface area contributed by atoms with Crippen LogP contribution in [0.15, 0.2) is 48.5 Å². The van der Waals surface area contributed by atoms with Crippen molar-refractivity contribution in [2.75, 3.05) is 7.11 Å². The van der Waals surface area contributed by atoms with Gasteiger partial charge in [-0.15, -0.1) is 4.68 Å².